The second-order valence-corrected chi connectivity index (χ2v) is 5.61. The number of rotatable bonds is 5. The number of carbonyl (C=O) groups is 1. The first-order chi connectivity index (χ1) is 10.7. The molecular formula is C17H21N3O2. The van der Waals surface area contributed by atoms with Crippen LogP contribution in [0, 0.1) is 0 Å². The average molecular weight is 299 g/mol. The van der Waals surface area contributed by atoms with Crippen LogP contribution in [-0.4, -0.2) is 29.2 Å². The zero-order valence-electron chi connectivity index (χ0n) is 12.8. The van der Waals surface area contributed by atoms with Crippen LogP contribution in [-0.2, 0) is 4.74 Å². The van der Waals surface area contributed by atoms with Crippen LogP contribution in [0.25, 0.3) is 11.0 Å². The normalized spacial score (nSPS) is 15.1. The number of aromatic nitrogens is 2. The van der Waals surface area contributed by atoms with Gasteiger partial charge < -0.3 is 14.6 Å². The van der Waals surface area contributed by atoms with Crippen LogP contribution in [0.2, 0.25) is 0 Å². The molecule has 1 heterocycles. The summed E-state index contributed by atoms with van der Waals surface area (Å²) >= 11 is 0. The molecule has 5 heteroatoms. The summed E-state index contributed by atoms with van der Waals surface area (Å²) in [7, 11) is 1.39. The molecule has 0 aliphatic heterocycles. The van der Waals surface area contributed by atoms with E-state index < -0.39 is 0 Å². The summed E-state index contributed by atoms with van der Waals surface area (Å²) in [4.78, 5) is 16.4. The van der Waals surface area contributed by atoms with Gasteiger partial charge in [-0.3, -0.25) is 0 Å². The number of hydrogen-bond acceptors (Lipinski definition) is 4. The van der Waals surface area contributed by atoms with Crippen LogP contribution < -0.4 is 5.32 Å². The van der Waals surface area contributed by atoms with Gasteiger partial charge in [0, 0.05) is 12.6 Å². The lowest BCUT2D eigenvalue weighted by molar-refractivity contribution is 0.0601. The summed E-state index contributed by atoms with van der Waals surface area (Å²) < 4.78 is 7.06. The van der Waals surface area contributed by atoms with Gasteiger partial charge in [0.15, 0.2) is 0 Å². The van der Waals surface area contributed by atoms with Gasteiger partial charge in [0.05, 0.1) is 23.7 Å². The number of benzene rings is 1. The van der Waals surface area contributed by atoms with E-state index in [-0.39, 0.29) is 5.97 Å². The van der Waals surface area contributed by atoms with Crippen molar-refractivity contribution in [3.8, 4) is 0 Å². The molecular weight excluding hydrogens is 278 g/mol. The Balaban J connectivity index is 2.07. The van der Waals surface area contributed by atoms with E-state index in [4.69, 9.17) is 4.74 Å². The Morgan fingerprint density at radius 1 is 1.50 bits per heavy atom. The number of anilines is 1. The van der Waals surface area contributed by atoms with E-state index in [9.17, 15) is 4.79 Å². The molecule has 0 saturated heterocycles. The largest absolute Gasteiger partial charge is 0.465 e. The van der Waals surface area contributed by atoms with Crippen molar-refractivity contribution in [1.29, 1.82) is 0 Å². The van der Waals surface area contributed by atoms with Gasteiger partial charge >= 0.3 is 5.97 Å². The van der Waals surface area contributed by atoms with E-state index in [1.165, 1.54) is 32.8 Å². The van der Waals surface area contributed by atoms with Crippen molar-refractivity contribution >= 4 is 23.0 Å². The fraction of sp³-hybridized carbons (Fsp3) is 0.412. The topological polar surface area (TPSA) is 56.1 Å². The van der Waals surface area contributed by atoms with Crippen LogP contribution in [0.3, 0.4) is 0 Å². The molecule has 0 radical (unpaired) electrons. The summed E-state index contributed by atoms with van der Waals surface area (Å²) in [5, 5.41) is 3.31. The zero-order chi connectivity index (χ0) is 15.5. The molecule has 0 atom stereocenters. The second-order valence-electron chi connectivity index (χ2n) is 5.61. The fourth-order valence-corrected chi connectivity index (χ4v) is 3.16. The van der Waals surface area contributed by atoms with Crippen molar-refractivity contribution in [2.24, 2.45) is 0 Å². The number of carbonyl (C=O) groups excluding carboxylic acids is 1. The third-order valence-electron chi connectivity index (χ3n) is 4.20. The molecule has 1 fully saturated rings. The van der Waals surface area contributed by atoms with Crippen LogP contribution in [0.1, 0.15) is 42.1 Å². The van der Waals surface area contributed by atoms with E-state index in [1.807, 2.05) is 12.1 Å². The van der Waals surface area contributed by atoms with Gasteiger partial charge in [-0.1, -0.05) is 18.9 Å². The number of ether oxygens (including phenoxy) is 1. The first kappa shape index (κ1) is 14.6. The Morgan fingerprint density at radius 3 is 2.95 bits per heavy atom. The Morgan fingerprint density at radius 2 is 2.27 bits per heavy atom. The number of methoxy groups -OCH3 is 1. The highest BCUT2D eigenvalue weighted by molar-refractivity contribution is 5.94. The molecule has 0 amide bonds. The second kappa shape index (κ2) is 6.22. The van der Waals surface area contributed by atoms with Crippen molar-refractivity contribution in [2.45, 2.75) is 31.7 Å². The van der Waals surface area contributed by atoms with Gasteiger partial charge in [-0.05, 0) is 31.0 Å². The van der Waals surface area contributed by atoms with Crippen molar-refractivity contribution < 1.29 is 9.53 Å². The van der Waals surface area contributed by atoms with E-state index in [0.29, 0.717) is 18.2 Å². The SMILES string of the molecule is C=CCNc1nc2cc(C(=O)OC)ccc2n1C1CCCC1. The predicted octanol–water partition coefficient (Wildman–Crippen LogP) is 3.54. The van der Waals surface area contributed by atoms with Crippen molar-refractivity contribution in [2.75, 3.05) is 19.0 Å². The maximum atomic E-state index is 11.7. The Hall–Kier alpha value is -2.30. The predicted molar refractivity (Wildman–Crippen MR) is 87.3 cm³/mol. The lowest BCUT2D eigenvalue weighted by Gasteiger charge is -2.16. The van der Waals surface area contributed by atoms with Crippen molar-refractivity contribution in [1.82, 2.24) is 9.55 Å². The highest BCUT2D eigenvalue weighted by Gasteiger charge is 2.23. The number of imidazole rings is 1. The molecule has 1 N–H and O–H groups in total. The molecule has 22 heavy (non-hydrogen) atoms. The Kier molecular flexibility index (Phi) is 4.13. The maximum absolute atomic E-state index is 11.7. The fourth-order valence-electron chi connectivity index (χ4n) is 3.16. The van der Waals surface area contributed by atoms with E-state index in [0.717, 1.165) is 17.0 Å². The van der Waals surface area contributed by atoms with Gasteiger partial charge in [-0.2, -0.15) is 0 Å². The molecule has 1 aliphatic carbocycles. The molecule has 3 rings (SSSR count). The molecule has 5 nitrogen and oxygen atoms in total. The zero-order valence-corrected chi connectivity index (χ0v) is 12.8. The summed E-state index contributed by atoms with van der Waals surface area (Å²) in [5.41, 5.74) is 2.41. The minimum absolute atomic E-state index is 0.335. The third kappa shape index (κ3) is 2.58. The molecule has 0 bridgehead atoms. The number of esters is 1. The van der Waals surface area contributed by atoms with E-state index in [2.05, 4.69) is 21.4 Å². The quantitative estimate of drug-likeness (QED) is 0.678. The molecule has 1 aromatic heterocycles. The number of nitrogens with zero attached hydrogens (tertiary/aromatic N) is 2. The van der Waals surface area contributed by atoms with Crippen LogP contribution in [0.15, 0.2) is 30.9 Å². The molecule has 1 aromatic carbocycles. The lowest BCUT2D eigenvalue weighted by Crippen LogP contribution is -2.11. The summed E-state index contributed by atoms with van der Waals surface area (Å²) in [6.45, 7) is 4.41. The summed E-state index contributed by atoms with van der Waals surface area (Å²) in [6, 6.07) is 6.04. The van der Waals surface area contributed by atoms with Crippen molar-refractivity contribution in [3.63, 3.8) is 0 Å². The average Bonchev–Trinajstić information content (AvgIpc) is 3.17. The van der Waals surface area contributed by atoms with Crippen molar-refractivity contribution in [3.05, 3.63) is 36.4 Å². The molecule has 0 unspecified atom stereocenters. The number of fused-ring (bicyclic) bond motifs is 1. The van der Waals surface area contributed by atoms with Gasteiger partial charge in [0.2, 0.25) is 5.95 Å². The monoisotopic (exact) mass is 299 g/mol. The maximum Gasteiger partial charge on any atom is 0.337 e. The Bertz CT molecular complexity index is 699. The number of nitrogens with one attached hydrogen (secondary N) is 1. The standard InChI is InChI=1S/C17H21N3O2/c1-3-10-18-17-19-14-11-12(16(21)22-2)8-9-15(14)20(17)13-6-4-5-7-13/h3,8-9,11,13H,1,4-7,10H2,2H3,(H,18,19). The smallest absolute Gasteiger partial charge is 0.337 e. The molecule has 2 aromatic rings. The van der Waals surface area contributed by atoms with Gasteiger partial charge in [-0.25, -0.2) is 9.78 Å². The third-order valence-corrected chi connectivity index (χ3v) is 4.20. The van der Waals surface area contributed by atoms with Crippen LogP contribution in [0.5, 0.6) is 0 Å². The highest BCUT2D eigenvalue weighted by atomic mass is 16.5. The minimum atomic E-state index is -0.335. The minimum Gasteiger partial charge on any atom is -0.465 e. The van der Waals surface area contributed by atoms with E-state index >= 15 is 0 Å². The first-order valence-corrected chi connectivity index (χ1v) is 7.69. The van der Waals surface area contributed by atoms with Gasteiger partial charge in [0.25, 0.3) is 0 Å². The summed E-state index contributed by atoms with van der Waals surface area (Å²) in [5.74, 6) is 0.515. The van der Waals surface area contributed by atoms with Gasteiger partial charge in [-0.15, -0.1) is 6.58 Å². The van der Waals surface area contributed by atoms with Crippen LogP contribution >= 0.6 is 0 Å². The highest BCUT2D eigenvalue weighted by Crippen LogP contribution is 2.35. The lowest BCUT2D eigenvalue weighted by atomic mass is 10.2. The molecule has 116 valence electrons. The molecule has 1 saturated carbocycles. The van der Waals surface area contributed by atoms with Gasteiger partial charge in [0.1, 0.15) is 0 Å². The summed E-state index contributed by atoms with van der Waals surface area (Å²) in [6.07, 6.45) is 6.68. The molecule has 0 spiro atoms. The van der Waals surface area contributed by atoms with E-state index in [1.54, 1.807) is 12.1 Å². The van der Waals surface area contributed by atoms with Crippen LogP contribution in [0.4, 0.5) is 5.95 Å². The number of hydrogen-bond donors (Lipinski definition) is 1. The molecule has 1 aliphatic rings. The first-order valence-electron chi connectivity index (χ1n) is 7.69. The Labute approximate surface area is 130 Å².